The molecular formula is C12H8FN3O. The minimum Gasteiger partial charge on any atom is -0.338 e. The van der Waals surface area contributed by atoms with Crippen molar-refractivity contribution in [3.8, 4) is 11.4 Å². The summed E-state index contributed by atoms with van der Waals surface area (Å²) in [6.45, 7) is 0. The van der Waals surface area contributed by atoms with Gasteiger partial charge in [-0.25, -0.2) is 9.37 Å². The van der Waals surface area contributed by atoms with Crippen molar-refractivity contribution in [1.82, 2.24) is 15.0 Å². The van der Waals surface area contributed by atoms with E-state index in [9.17, 15) is 9.18 Å². The molecule has 17 heavy (non-hydrogen) atoms. The van der Waals surface area contributed by atoms with Crippen LogP contribution in [0.15, 0.2) is 41.3 Å². The fourth-order valence-corrected chi connectivity index (χ4v) is 1.73. The minimum atomic E-state index is -0.380. The zero-order chi connectivity index (χ0) is 11.8. The van der Waals surface area contributed by atoms with Crippen molar-refractivity contribution in [2.45, 2.75) is 0 Å². The molecule has 3 rings (SSSR count). The zero-order valence-corrected chi connectivity index (χ0v) is 8.70. The lowest BCUT2D eigenvalue weighted by atomic mass is 10.2. The molecular weight excluding hydrogens is 221 g/mol. The number of benzene rings is 1. The molecule has 0 aliphatic rings. The van der Waals surface area contributed by atoms with Crippen molar-refractivity contribution in [2.24, 2.45) is 0 Å². The number of imidazole rings is 1. The second kappa shape index (κ2) is 3.55. The van der Waals surface area contributed by atoms with Crippen LogP contribution in [0.3, 0.4) is 0 Å². The van der Waals surface area contributed by atoms with Crippen LogP contribution in [0.4, 0.5) is 4.39 Å². The Morgan fingerprint density at radius 2 is 2.12 bits per heavy atom. The normalized spacial score (nSPS) is 10.9. The van der Waals surface area contributed by atoms with Crippen LogP contribution in [0, 0.1) is 5.82 Å². The van der Waals surface area contributed by atoms with Crippen LogP contribution in [0.2, 0.25) is 0 Å². The van der Waals surface area contributed by atoms with Gasteiger partial charge in [-0.2, -0.15) is 0 Å². The Kier molecular flexibility index (Phi) is 2.04. The first-order valence-electron chi connectivity index (χ1n) is 5.07. The molecule has 0 spiro atoms. The van der Waals surface area contributed by atoms with Gasteiger partial charge in [0.25, 0.3) is 0 Å². The van der Waals surface area contributed by atoms with Crippen LogP contribution < -0.4 is 5.56 Å². The van der Waals surface area contributed by atoms with Gasteiger partial charge in [0.1, 0.15) is 11.3 Å². The maximum absolute atomic E-state index is 13.4. The number of para-hydroxylation sites is 1. The summed E-state index contributed by atoms with van der Waals surface area (Å²) in [7, 11) is 0. The first kappa shape index (κ1) is 9.77. The van der Waals surface area contributed by atoms with Crippen molar-refractivity contribution in [3.05, 3.63) is 52.7 Å². The van der Waals surface area contributed by atoms with E-state index in [1.165, 1.54) is 18.3 Å². The smallest absolute Gasteiger partial charge is 0.248 e. The predicted octanol–water partition coefficient (Wildman–Crippen LogP) is 2.06. The van der Waals surface area contributed by atoms with Gasteiger partial charge < -0.3 is 9.97 Å². The molecule has 1 aromatic carbocycles. The summed E-state index contributed by atoms with van der Waals surface area (Å²) in [5.41, 5.74) is 1.30. The molecule has 0 saturated carbocycles. The number of nitrogens with zero attached hydrogens (tertiary/aromatic N) is 1. The zero-order valence-electron chi connectivity index (χ0n) is 8.70. The summed E-state index contributed by atoms with van der Waals surface area (Å²) in [6.07, 6.45) is 1.53. The number of rotatable bonds is 1. The fraction of sp³-hybridized carbons (Fsp3) is 0. The molecule has 2 heterocycles. The average molecular weight is 229 g/mol. The second-order valence-corrected chi connectivity index (χ2v) is 3.66. The number of halogens is 1. The van der Waals surface area contributed by atoms with E-state index in [4.69, 9.17) is 0 Å². The summed E-state index contributed by atoms with van der Waals surface area (Å²) >= 11 is 0. The highest BCUT2D eigenvalue weighted by molar-refractivity contribution is 5.79. The quantitative estimate of drug-likeness (QED) is 0.670. The van der Waals surface area contributed by atoms with E-state index >= 15 is 0 Å². The van der Waals surface area contributed by atoms with Crippen LogP contribution in [0.1, 0.15) is 0 Å². The summed E-state index contributed by atoms with van der Waals surface area (Å²) in [6, 6.07) is 7.82. The molecule has 4 nitrogen and oxygen atoms in total. The van der Waals surface area contributed by atoms with Gasteiger partial charge in [0.2, 0.25) is 5.56 Å². The Morgan fingerprint density at radius 3 is 2.88 bits per heavy atom. The Hall–Kier alpha value is -2.43. The topological polar surface area (TPSA) is 61.5 Å². The van der Waals surface area contributed by atoms with E-state index in [0.29, 0.717) is 16.9 Å². The number of aromatic nitrogens is 3. The number of pyridine rings is 1. The largest absolute Gasteiger partial charge is 0.338 e. The van der Waals surface area contributed by atoms with Gasteiger partial charge in [-0.05, 0) is 18.2 Å². The van der Waals surface area contributed by atoms with Crippen molar-refractivity contribution < 1.29 is 4.39 Å². The summed E-state index contributed by atoms with van der Waals surface area (Å²) in [4.78, 5) is 20.8. The number of H-pyrrole nitrogens is 2. The third kappa shape index (κ3) is 1.61. The van der Waals surface area contributed by atoms with Crippen molar-refractivity contribution in [1.29, 1.82) is 0 Å². The predicted molar refractivity (Wildman–Crippen MR) is 62.1 cm³/mol. The van der Waals surface area contributed by atoms with E-state index < -0.39 is 0 Å². The fourth-order valence-electron chi connectivity index (χ4n) is 1.73. The van der Waals surface area contributed by atoms with Crippen LogP contribution >= 0.6 is 0 Å². The number of nitrogens with one attached hydrogen (secondary N) is 2. The van der Waals surface area contributed by atoms with Gasteiger partial charge in [-0.1, -0.05) is 6.07 Å². The molecule has 2 N–H and O–H groups in total. The molecule has 2 aromatic heterocycles. The Labute approximate surface area is 95.1 Å². The number of hydrogen-bond acceptors (Lipinski definition) is 2. The van der Waals surface area contributed by atoms with Gasteiger partial charge in [-0.15, -0.1) is 0 Å². The first-order chi connectivity index (χ1) is 8.24. The molecule has 0 aliphatic heterocycles. The number of hydrogen-bond donors (Lipinski definition) is 2. The van der Waals surface area contributed by atoms with Gasteiger partial charge in [-0.3, -0.25) is 4.79 Å². The maximum Gasteiger partial charge on any atom is 0.248 e. The molecule has 0 saturated heterocycles. The standard InChI is InChI=1S/C12H8FN3O/c13-8-2-1-3-9-11(8)16-12(15-9)7-4-5-14-10(17)6-7/h1-6H,(H,14,17)(H,15,16). The first-order valence-corrected chi connectivity index (χ1v) is 5.07. The van der Waals surface area contributed by atoms with Crippen LogP contribution in [-0.2, 0) is 0 Å². The van der Waals surface area contributed by atoms with Crippen molar-refractivity contribution >= 4 is 11.0 Å². The summed E-state index contributed by atoms with van der Waals surface area (Å²) < 4.78 is 13.4. The maximum atomic E-state index is 13.4. The van der Waals surface area contributed by atoms with Gasteiger partial charge in [0.05, 0.1) is 5.52 Å². The molecule has 0 unspecified atom stereocenters. The molecule has 0 amide bonds. The monoisotopic (exact) mass is 229 g/mol. The lowest BCUT2D eigenvalue weighted by molar-refractivity contribution is 0.637. The highest BCUT2D eigenvalue weighted by Gasteiger charge is 2.08. The molecule has 84 valence electrons. The lowest BCUT2D eigenvalue weighted by Gasteiger charge is -1.93. The van der Waals surface area contributed by atoms with Crippen molar-refractivity contribution in [3.63, 3.8) is 0 Å². The van der Waals surface area contributed by atoms with Gasteiger partial charge in [0, 0.05) is 17.8 Å². The molecule has 0 bridgehead atoms. The Balaban J connectivity index is 2.25. The van der Waals surface area contributed by atoms with E-state index in [-0.39, 0.29) is 16.9 Å². The third-order valence-electron chi connectivity index (χ3n) is 2.51. The second-order valence-electron chi connectivity index (χ2n) is 3.66. The number of aromatic amines is 2. The molecule has 3 aromatic rings. The highest BCUT2D eigenvalue weighted by Crippen LogP contribution is 2.20. The Bertz CT molecular complexity index is 745. The minimum absolute atomic E-state index is 0.219. The van der Waals surface area contributed by atoms with Gasteiger partial charge in [0.15, 0.2) is 5.82 Å². The van der Waals surface area contributed by atoms with Crippen LogP contribution in [-0.4, -0.2) is 15.0 Å². The highest BCUT2D eigenvalue weighted by atomic mass is 19.1. The molecule has 5 heteroatoms. The number of fused-ring (bicyclic) bond motifs is 1. The molecule has 0 atom stereocenters. The summed E-state index contributed by atoms with van der Waals surface area (Å²) in [5, 5.41) is 0. The van der Waals surface area contributed by atoms with E-state index in [1.54, 1.807) is 18.2 Å². The van der Waals surface area contributed by atoms with E-state index in [1.807, 2.05) is 0 Å². The third-order valence-corrected chi connectivity index (χ3v) is 2.51. The summed E-state index contributed by atoms with van der Waals surface area (Å²) in [5.74, 6) is 0.103. The van der Waals surface area contributed by atoms with Crippen LogP contribution in [0.5, 0.6) is 0 Å². The van der Waals surface area contributed by atoms with E-state index in [2.05, 4.69) is 15.0 Å². The molecule has 0 fully saturated rings. The average Bonchev–Trinajstić information content (AvgIpc) is 2.74. The van der Waals surface area contributed by atoms with Gasteiger partial charge >= 0.3 is 0 Å². The van der Waals surface area contributed by atoms with Crippen LogP contribution in [0.25, 0.3) is 22.4 Å². The Morgan fingerprint density at radius 1 is 1.24 bits per heavy atom. The van der Waals surface area contributed by atoms with E-state index in [0.717, 1.165) is 0 Å². The molecule has 0 radical (unpaired) electrons. The lowest BCUT2D eigenvalue weighted by Crippen LogP contribution is -2.02. The van der Waals surface area contributed by atoms with Crippen molar-refractivity contribution in [2.75, 3.05) is 0 Å². The molecule has 0 aliphatic carbocycles. The SMILES string of the molecule is O=c1cc(-c2nc3c(F)cccc3[nH]2)cc[nH]1.